The molecule has 1 saturated carbocycles. The van der Waals surface area contributed by atoms with E-state index in [1.54, 1.807) is 39.2 Å². The normalized spacial score (nSPS) is 17.4. The smallest absolute Gasteiger partial charge is 0.407 e. The Kier molecular flexibility index (Phi) is 7.82. The van der Waals surface area contributed by atoms with E-state index in [-0.39, 0.29) is 29.3 Å². The van der Waals surface area contributed by atoms with Gasteiger partial charge in [-0.3, -0.25) is 0 Å². The number of nitrogens with zero attached hydrogens (tertiary/aromatic N) is 4. The first-order valence-electron chi connectivity index (χ1n) is 12.2. The summed E-state index contributed by atoms with van der Waals surface area (Å²) in [6.07, 6.45) is 6.14. The number of nitriles is 1. The molecule has 0 aliphatic heterocycles. The second kappa shape index (κ2) is 11.2. The van der Waals surface area contributed by atoms with E-state index < -0.39 is 17.5 Å². The lowest BCUT2D eigenvalue weighted by Crippen LogP contribution is -2.50. The van der Waals surface area contributed by atoms with Gasteiger partial charge in [0.25, 0.3) is 0 Å². The summed E-state index contributed by atoms with van der Waals surface area (Å²) in [6, 6.07) is 11.7. The van der Waals surface area contributed by atoms with Gasteiger partial charge in [-0.25, -0.2) is 24.1 Å². The van der Waals surface area contributed by atoms with Crippen LogP contribution in [0.4, 0.5) is 26.5 Å². The molecule has 10 heteroatoms. The first kappa shape index (κ1) is 25.8. The highest BCUT2D eigenvalue weighted by Gasteiger charge is 2.29. The first-order valence-corrected chi connectivity index (χ1v) is 12.2. The molecule has 2 aromatic heterocycles. The zero-order chi connectivity index (χ0) is 26.4. The number of anilines is 3. The van der Waals surface area contributed by atoms with E-state index in [9.17, 15) is 14.4 Å². The highest BCUT2D eigenvalue weighted by molar-refractivity contribution is 5.70. The summed E-state index contributed by atoms with van der Waals surface area (Å²) in [5, 5.41) is 18.8. The standard InChI is InChI=1S/C27H30FN7O2/c1-27(2,3)37-26(36)34-22-11-5-4-10-21(22)33-25-20(28)15-18(16-29)24(35-25)32-19-9-6-8-17(14-19)23-30-12-7-13-31-23/h6-9,12-15,21-22H,4-5,10-11H2,1-3H3,(H,34,36)(H2,32,33,35)/t21-,22+/m1/s1. The lowest BCUT2D eigenvalue weighted by molar-refractivity contribution is 0.0488. The Labute approximate surface area is 215 Å². The third-order valence-electron chi connectivity index (χ3n) is 5.84. The topological polar surface area (TPSA) is 125 Å². The summed E-state index contributed by atoms with van der Waals surface area (Å²) in [7, 11) is 0. The van der Waals surface area contributed by atoms with Crippen molar-refractivity contribution >= 4 is 23.4 Å². The Morgan fingerprint density at radius 1 is 1.08 bits per heavy atom. The molecular formula is C27H30FN7O2. The number of hydrogen-bond acceptors (Lipinski definition) is 8. The molecule has 3 N–H and O–H groups in total. The van der Waals surface area contributed by atoms with Gasteiger partial charge in [0.2, 0.25) is 0 Å². The zero-order valence-electron chi connectivity index (χ0n) is 21.1. The van der Waals surface area contributed by atoms with Gasteiger partial charge in [-0.2, -0.15) is 5.26 Å². The number of aromatic nitrogens is 3. The van der Waals surface area contributed by atoms with Crippen LogP contribution in [0.3, 0.4) is 0 Å². The number of nitrogens with one attached hydrogen (secondary N) is 3. The molecular weight excluding hydrogens is 473 g/mol. The van der Waals surface area contributed by atoms with Gasteiger partial charge in [0.15, 0.2) is 23.3 Å². The minimum Gasteiger partial charge on any atom is -0.444 e. The van der Waals surface area contributed by atoms with Gasteiger partial charge in [0.1, 0.15) is 11.7 Å². The zero-order valence-corrected chi connectivity index (χ0v) is 21.1. The summed E-state index contributed by atoms with van der Waals surface area (Å²) in [5.41, 5.74) is 0.875. The molecule has 9 nitrogen and oxygen atoms in total. The number of benzene rings is 1. The molecule has 1 fully saturated rings. The number of carbonyl (C=O) groups is 1. The molecule has 1 aliphatic rings. The van der Waals surface area contributed by atoms with E-state index >= 15 is 0 Å². The molecule has 1 aromatic carbocycles. The van der Waals surface area contributed by atoms with Crippen molar-refractivity contribution in [1.82, 2.24) is 20.3 Å². The molecule has 0 bridgehead atoms. The van der Waals surface area contributed by atoms with Gasteiger partial charge >= 0.3 is 6.09 Å². The number of amides is 1. The van der Waals surface area contributed by atoms with E-state index in [1.165, 1.54) is 0 Å². The van der Waals surface area contributed by atoms with Crippen LogP contribution < -0.4 is 16.0 Å². The molecule has 37 heavy (non-hydrogen) atoms. The van der Waals surface area contributed by atoms with Gasteiger partial charge in [-0.05, 0) is 57.9 Å². The summed E-state index contributed by atoms with van der Waals surface area (Å²) < 4.78 is 20.4. The predicted molar refractivity (Wildman–Crippen MR) is 139 cm³/mol. The van der Waals surface area contributed by atoms with Crippen molar-refractivity contribution in [2.75, 3.05) is 10.6 Å². The molecule has 192 valence electrons. The van der Waals surface area contributed by atoms with Crippen LogP contribution in [0.15, 0.2) is 48.8 Å². The van der Waals surface area contributed by atoms with Crippen molar-refractivity contribution in [1.29, 1.82) is 5.26 Å². The summed E-state index contributed by atoms with van der Waals surface area (Å²) in [5.74, 6) is 0.133. The average molecular weight is 504 g/mol. The van der Waals surface area contributed by atoms with Gasteiger partial charge in [-0.15, -0.1) is 0 Å². The number of carbonyl (C=O) groups excluding carboxylic acids is 1. The molecule has 4 rings (SSSR count). The lowest BCUT2D eigenvalue weighted by Gasteiger charge is -2.33. The molecule has 0 saturated heterocycles. The number of hydrogen-bond donors (Lipinski definition) is 3. The minimum atomic E-state index is -0.643. The maximum absolute atomic E-state index is 15.0. The Morgan fingerprint density at radius 3 is 2.51 bits per heavy atom. The minimum absolute atomic E-state index is 0.00642. The fraction of sp³-hybridized carbons (Fsp3) is 0.370. The van der Waals surface area contributed by atoms with Crippen molar-refractivity contribution in [2.24, 2.45) is 0 Å². The Bertz CT molecular complexity index is 1290. The SMILES string of the molecule is CC(C)(C)OC(=O)N[C@H]1CCCC[C@H]1Nc1nc(Nc2cccc(-c3ncccn3)c2)c(C#N)cc1F. The Morgan fingerprint density at radius 2 is 1.81 bits per heavy atom. The highest BCUT2D eigenvalue weighted by atomic mass is 19.1. The first-order chi connectivity index (χ1) is 17.7. The molecule has 0 unspecified atom stereocenters. The van der Waals surface area contributed by atoms with Gasteiger partial charge in [0, 0.05) is 29.7 Å². The number of ether oxygens (including phenoxy) is 1. The van der Waals surface area contributed by atoms with E-state index in [0.29, 0.717) is 11.5 Å². The molecule has 1 amide bonds. The van der Waals surface area contributed by atoms with Crippen LogP contribution in [0.2, 0.25) is 0 Å². The maximum Gasteiger partial charge on any atom is 0.407 e. The maximum atomic E-state index is 15.0. The van der Waals surface area contributed by atoms with Crippen molar-refractivity contribution in [3.05, 3.63) is 60.2 Å². The van der Waals surface area contributed by atoms with Crippen LogP contribution in [0.25, 0.3) is 11.4 Å². The third-order valence-corrected chi connectivity index (χ3v) is 5.84. The van der Waals surface area contributed by atoms with Crippen LogP contribution >= 0.6 is 0 Å². The van der Waals surface area contributed by atoms with E-state index in [1.807, 2.05) is 30.3 Å². The lowest BCUT2D eigenvalue weighted by atomic mass is 9.90. The quantitative estimate of drug-likeness (QED) is 0.400. The van der Waals surface area contributed by atoms with Crippen LogP contribution in [0.1, 0.15) is 52.0 Å². The van der Waals surface area contributed by atoms with E-state index in [4.69, 9.17) is 4.74 Å². The molecule has 2 atom stereocenters. The number of rotatable bonds is 6. The molecule has 0 spiro atoms. The van der Waals surface area contributed by atoms with Crippen molar-refractivity contribution < 1.29 is 13.9 Å². The number of pyridine rings is 1. The fourth-order valence-electron chi connectivity index (χ4n) is 4.20. The van der Waals surface area contributed by atoms with Crippen LogP contribution in [0.5, 0.6) is 0 Å². The highest BCUT2D eigenvalue weighted by Crippen LogP contribution is 2.28. The largest absolute Gasteiger partial charge is 0.444 e. The van der Waals surface area contributed by atoms with Gasteiger partial charge in [-0.1, -0.05) is 25.0 Å². The number of alkyl carbamates (subject to hydrolysis) is 1. The number of halogens is 1. The second-order valence-corrected chi connectivity index (χ2v) is 9.89. The van der Waals surface area contributed by atoms with Gasteiger partial charge < -0.3 is 20.7 Å². The Balaban J connectivity index is 1.55. The Hall–Kier alpha value is -4.26. The monoisotopic (exact) mass is 503 g/mol. The second-order valence-electron chi connectivity index (χ2n) is 9.89. The summed E-state index contributed by atoms with van der Waals surface area (Å²) >= 11 is 0. The van der Waals surface area contributed by atoms with E-state index in [0.717, 1.165) is 37.3 Å². The summed E-state index contributed by atoms with van der Waals surface area (Å²) in [6.45, 7) is 5.41. The molecule has 0 radical (unpaired) electrons. The van der Waals surface area contributed by atoms with Crippen LogP contribution in [-0.4, -0.2) is 38.7 Å². The predicted octanol–water partition coefficient (Wildman–Crippen LogP) is 5.54. The van der Waals surface area contributed by atoms with Crippen LogP contribution in [-0.2, 0) is 4.74 Å². The third kappa shape index (κ3) is 6.91. The summed E-state index contributed by atoms with van der Waals surface area (Å²) in [4.78, 5) is 25.3. The molecule has 2 heterocycles. The van der Waals surface area contributed by atoms with Gasteiger partial charge in [0.05, 0.1) is 11.6 Å². The molecule has 3 aromatic rings. The molecule has 1 aliphatic carbocycles. The van der Waals surface area contributed by atoms with Crippen molar-refractivity contribution in [3.8, 4) is 17.5 Å². The average Bonchev–Trinajstić information content (AvgIpc) is 2.86. The van der Waals surface area contributed by atoms with Crippen molar-refractivity contribution in [2.45, 2.75) is 64.1 Å². The van der Waals surface area contributed by atoms with E-state index in [2.05, 4.69) is 30.9 Å². The van der Waals surface area contributed by atoms with Crippen molar-refractivity contribution in [3.63, 3.8) is 0 Å². The van der Waals surface area contributed by atoms with Crippen LogP contribution in [0, 0.1) is 17.1 Å². The fourth-order valence-corrected chi connectivity index (χ4v) is 4.20.